The Morgan fingerprint density at radius 2 is 2.08 bits per heavy atom. The van der Waals surface area contributed by atoms with Gasteiger partial charge in [-0.15, -0.1) is 0 Å². The number of carbonyl (C=O) groups is 1. The lowest BCUT2D eigenvalue weighted by Crippen LogP contribution is -2.13. The van der Waals surface area contributed by atoms with Crippen LogP contribution >= 0.6 is 23.2 Å². The van der Waals surface area contributed by atoms with Crippen molar-refractivity contribution < 1.29 is 9.90 Å². The predicted molar refractivity (Wildman–Crippen MR) is 48.2 cm³/mol. The van der Waals surface area contributed by atoms with Gasteiger partial charge in [-0.2, -0.15) is 0 Å². The van der Waals surface area contributed by atoms with E-state index in [4.69, 9.17) is 28.3 Å². The summed E-state index contributed by atoms with van der Waals surface area (Å²) in [6.07, 6.45) is 1.60. The average Bonchev–Trinajstić information content (AvgIpc) is 2.41. The van der Waals surface area contributed by atoms with Gasteiger partial charge in [0.25, 0.3) is 0 Å². The minimum Gasteiger partial charge on any atom is -0.481 e. The molecule has 1 aliphatic rings. The largest absolute Gasteiger partial charge is 0.481 e. The van der Waals surface area contributed by atoms with E-state index in [-0.39, 0.29) is 16.3 Å². The van der Waals surface area contributed by atoms with Crippen molar-refractivity contribution in [2.45, 2.75) is 13.8 Å². The molecule has 1 rings (SSSR count). The maximum atomic E-state index is 10.8. The number of hydrogen-bond acceptors (Lipinski definition) is 1. The highest BCUT2D eigenvalue weighted by atomic mass is 35.5. The van der Waals surface area contributed by atoms with Crippen molar-refractivity contribution in [3.8, 4) is 0 Å². The van der Waals surface area contributed by atoms with E-state index in [2.05, 4.69) is 0 Å². The molecule has 3 atom stereocenters. The van der Waals surface area contributed by atoms with Crippen molar-refractivity contribution in [2.75, 3.05) is 0 Å². The molecule has 1 N–H and O–H groups in total. The van der Waals surface area contributed by atoms with E-state index < -0.39 is 11.4 Å². The number of rotatable bonds is 2. The first-order chi connectivity index (χ1) is 5.40. The van der Waals surface area contributed by atoms with Crippen LogP contribution in [0.15, 0.2) is 10.6 Å². The molecule has 0 aromatic carbocycles. The summed E-state index contributed by atoms with van der Waals surface area (Å²) in [4.78, 5) is 10.8. The summed E-state index contributed by atoms with van der Waals surface area (Å²) in [5, 5.41) is 8.85. The Bertz CT molecular complexity index is 245. The minimum atomic E-state index is -0.786. The molecule has 0 aromatic heterocycles. The average molecular weight is 209 g/mol. The van der Waals surface area contributed by atoms with Crippen LogP contribution < -0.4 is 0 Å². The zero-order chi connectivity index (χ0) is 9.52. The highest BCUT2D eigenvalue weighted by molar-refractivity contribution is 6.55. The van der Waals surface area contributed by atoms with Crippen molar-refractivity contribution in [3.63, 3.8) is 0 Å². The molecule has 0 spiro atoms. The van der Waals surface area contributed by atoms with Crippen molar-refractivity contribution in [1.29, 1.82) is 0 Å². The van der Waals surface area contributed by atoms with Crippen LogP contribution in [0.5, 0.6) is 0 Å². The van der Waals surface area contributed by atoms with Gasteiger partial charge < -0.3 is 5.11 Å². The molecule has 1 saturated carbocycles. The molecular formula is C8H10Cl2O2. The van der Waals surface area contributed by atoms with Crippen LogP contribution in [0.2, 0.25) is 0 Å². The van der Waals surface area contributed by atoms with Gasteiger partial charge in [-0.1, -0.05) is 30.1 Å². The smallest absolute Gasteiger partial charge is 0.310 e. The summed E-state index contributed by atoms with van der Waals surface area (Å²) < 4.78 is 0.150. The zero-order valence-electron chi connectivity index (χ0n) is 6.84. The number of aliphatic carboxylic acids is 1. The Hall–Kier alpha value is -0.210. The van der Waals surface area contributed by atoms with E-state index in [1.165, 1.54) is 0 Å². The quantitative estimate of drug-likeness (QED) is 0.758. The molecule has 1 aliphatic carbocycles. The van der Waals surface area contributed by atoms with Crippen molar-refractivity contribution in [1.82, 2.24) is 0 Å². The molecule has 0 amide bonds. The molecule has 0 saturated heterocycles. The highest BCUT2D eigenvalue weighted by Crippen LogP contribution is 2.59. The molecule has 0 bridgehead atoms. The SMILES string of the molecule is CC1C(C=C(Cl)Cl)C1(C)C(=O)O. The van der Waals surface area contributed by atoms with Gasteiger partial charge in [-0.3, -0.25) is 4.79 Å². The highest BCUT2D eigenvalue weighted by Gasteiger charge is 2.62. The van der Waals surface area contributed by atoms with Crippen LogP contribution in [0, 0.1) is 17.3 Å². The first-order valence-corrected chi connectivity index (χ1v) is 4.42. The van der Waals surface area contributed by atoms with Crippen LogP contribution in [0.3, 0.4) is 0 Å². The second kappa shape index (κ2) is 2.93. The monoisotopic (exact) mass is 208 g/mol. The summed E-state index contributed by atoms with van der Waals surface area (Å²) in [5.41, 5.74) is -0.672. The summed E-state index contributed by atoms with van der Waals surface area (Å²) in [6, 6.07) is 0. The maximum absolute atomic E-state index is 10.8. The Morgan fingerprint density at radius 3 is 2.33 bits per heavy atom. The van der Waals surface area contributed by atoms with Crippen LogP contribution in [-0.4, -0.2) is 11.1 Å². The summed E-state index contributed by atoms with van der Waals surface area (Å²) in [5.74, 6) is -0.701. The number of hydrogen-bond donors (Lipinski definition) is 1. The maximum Gasteiger partial charge on any atom is 0.310 e. The third kappa shape index (κ3) is 1.34. The van der Waals surface area contributed by atoms with Gasteiger partial charge in [0.1, 0.15) is 4.49 Å². The van der Waals surface area contributed by atoms with Gasteiger partial charge in [0.05, 0.1) is 5.41 Å². The van der Waals surface area contributed by atoms with Gasteiger partial charge in [0.2, 0.25) is 0 Å². The van der Waals surface area contributed by atoms with Crippen LogP contribution in [0.25, 0.3) is 0 Å². The van der Waals surface area contributed by atoms with E-state index >= 15 is 0 Å². The second-order valence-electron chi connectivity index (χ2n) is 3.36. The Morgan fingerprint density at radius 1 is 1.58 bits per heavy atom. The molecule has 12 heavy (non-hydrogen) atoms. The van der Waals surface area contributed by atoms with Gasteiger partial charge in [0.15, 0.2) is 0 Å². The van der Waals surface area contributed by atoms with Crippen LogP contribution in [-0.2, 0) is 4.79 Å². The van der Waals surface area contributed by atoms with Gasteiger partial charge in [-0.05, 0) is 24.8 Å². The second-order valence-corrected chi connectivity index (χ2v) is 4.37. The van der Waals surface area contributed by atoms with E-state index in [0.717, 1.165) is 0 Å². The topological polar surface area (TPSA) is 37.3 Å². The number of allylic oxidation sites excluding steroid dienone is 1. The first-order valence-electron chi connectivity index (χ1n) is 3.67. The predicted octanol–water partition coefficient (Wildman–Crippen LogP) is 2.66. The van der Waals surface area contributed by atoms with Gasteiger partial charge >= 0.3 is 5.97 Å². The first kappa shape index (κ1) is 9.87. The molecular weight excluding hydrogens is 199 g/mol. The number of carboxylic acids is 1. The van der Waals surface area contributed by atoms with Crippen LogP contribution in [0.1, 0.15) is 13.8 Å². The molecule has 4 heteroatoms. The molecule has 2 nitrogen and oxygen atoms in total. The molecule has 3 unspecified atom stereocenters. The molecule has 0 aliphatic heterocycles. The molecule has 0 heterocycles. The third-order valence-corrected chi connectivity index (χ3v) is 3.09. The summed E-state index contributed by atoms with van der Waals surface area (Å²) in [7, 11) is 0. The van der Waals surface area contributed by atoms with Gasteiger partial charge in [0, 0.05) is 0 Å². The fourth-order valence-electron chi connectivity index (χ4n) is 1.56. The van der Waals surface area contributed by atoms with E-state index in [1.807, 2.05) is 6.92 Å². The number of carboxylic acid groups (broad SMARTS) is 1. The molecule has 1 fully saturated rings. The lowest BCUT2D eigenvalue weighted by Gasteiger charge is -2.00. The fraction of sp³-hybridized carbons (Fsp3) is 0.625. The fourth-order valence-corrected chi connectivity index (χ4v) is 1.83. The zero-order valence-corrected chi connectivity index (χ0v) is 8.36. The van der Waals surface area contributed by atoms with Crippen LogP contribution in [0.4, 0.5) is 0 Å². The minimum absolute atomic E-state index is 0.0278. The van der Waals surface area contributed by atoms with Crippen molar-refractivity contribution >= 4 is 29.2 Å². The normalized spacial score (nSPS) is 39.0. The van der Waals surface area contributed by atoms with E-state index in [9.17, 15) is 4.79 Å². The molecule has 68 valence electrons. The lowest BCUT2D eigenvalue weighted by atomic mass is 10.1. The Kier molecular flexibility index (Phi) is 2.41. The van der Waals surface area contributed by atoms with E-state index in [1.54, 1.807) is 13.0 Å². The molecule has 0 aromatic rings. The lowest BCUT2D eigenvalue weighted by molar-refractivity contribution is -0.143. The number of halogens is 2. The van der Waals surface area contributed by atoms with Gasteiger partial charge in [-0.25, -0.2) is 0 Å². The summed E-state index contributed by atoms with van der Waals surface area (Å²) in [6.45, 7) is 3.59. The molecule has 0 radical (unpaired) electrons. The summed E-state index contributed by atoms with van der Waals surface area (Å²) >= 11 is 10.9. The third-order valence-electron chi connectivity index (χ3n) is 2.83. The standard InChI is InChI=1S/C8H10Cl2O2/c1-4-5(3-6(9)10)8(4,2)7(11)12/h3-5H,1-2H3,(H,11,12). The van der Waals surface area contributed by atoms with E-state index in [0.29, 0.717) is 0 Å². The Balaban J connectivity index is 2.77. The van der Waals surface area contributed by atoms with Crippen molar-refractivity contribution in [3.05, 3.63) is 10.6 Å². The van der Waals surface area contributed by atoms with Crippen molar-refractivity contribution in [2.24, 2.45) is 17.3 Å². The Labute approximate surface area is 81.2 Å².